The summed E-state index contributed by atoms with van der Waals surface area (Å²) in [5.74, 6) is -2.09. The van der Waals surface area contributed by atoms with Crippen LogP contribution in [-0.4, -0.2) is 35.5 Å². The van der Waals surface area contributed by atoms with Gasteiger partial charge >= 0.3 is 0 Å². The highest BCUT2D eigenvalue weighted by molar-refractivity contribution is 5.99. The number of para-hydroxylation sites is 1. The first-order chi connectivity index (χ1) is 18.8. The number of hydrogen-bond donors (Lipinski definition) is 3. The number of rotatable bonds is 13. The summed E-state index contributed by atoms with van der Waals surface area (Å²) in [4.78, 5) is 25.4. The summed E-state index contributed by atoms with van der Waals surface area (Å²) in [6, 6.07) is 19.2. The Hall–Kier alpha value is -3.88. The maximum atomic E-state index is 13.8. The van der Waals surface area contributed by atoms with E-state index < -0.39 is 29.7 Å². The van der Waals surface area contributed by atoms with Crippen molar-refractivity contribution in [3.63, 3.8) is 0 Å². The highest BCUT2D eigenvalue weighted by Crippen LogP contribution is 2.20. The van der Waals surface area contributed by atoms with Crippen molar-refractivity contribution in [1.82, 2.24) is 10.6 Å². The summed E-state index contributed by atoms with van der Waals surface area (Å²) in [6.45, 7) is 2.71. The molecule has 4 aromatic rings. The van der Waals surface area contributed by atoms with E-state index in [9.17, 15) is 23.5 Å². The topological polar surface area (TPSA) is 91.6 Å². The Morgan fingerprint density at radius 3 is 2.38 bits per heavy atom. The van der Waals surface area contributed by atoms with Gasteiger partial charge in [0.15, 0.2) is 11.5 Å². The Kier molecular flexibility index (Phi) is 9.57. The molecule has 3 N–H and O–H groups in total. The molecule has 0 radical (unpaired) electrons. The van der Waals surface area contributed by atoms with Gasteiger partial charge in [-0.05, 0) is 53.8 Å². The van der Waals surface area contributed by atoms with Crippen LogP contribution in [0.5, 0.6) is 0 Å². The lowest BCUT2D eigenvalue weighted by molar-refractivity contribution is -0.122. The number of amides is 1. The van der Waals surface area contributed by atoms with E-state index in [1.54, 1.807) is 18.2 Å². The summed E-state index contributed by atoms with van der Waals surface area (Å²) in [5.41, 5.74) is 3.14. The largest absolute Gasteiger partial charge is 0.453 e. The number of fused-ring (bicyclic) bond motifs is 1. The van der Waals surface area contributed by atoms with Gasteiger partial charge in [-0.1, -0.05) is 49.4 Å². The smallest absolute Gasteiger partial charge is 0.220 e. The number of halogens is 2. The summed E-state index contributed by atoms with van der Waals surface area (Å²) in [7, 11) is 0. The zero-order chi connectivity index (χ0) is 27.8. The lowest BCUT2D eigenvalue weighted by atomic mass is 10.00. The Labute approximate surface area is 226 Å². The minimum Gasteiger partial charge on any atom is -0.453 e. The van der Waals surface area contributed by atoms with Crippen LogP contribution in [0.25, 0.3) is 11.0 Å². The van der Waals surface area contributed by atoms with Crippen LogP contribution >= 0.6 is 0 Å². The number of aliphatic hydroxyl groups excluding tert-OH is 1. The molecule has 4 rings (SSSR count). The van der Waals surface area contributed by atoms with Crippen LogP contribution in [-0.2, 0) is 24.2 Å². The third kappa shape index (κ3) is 8.05. The molecule has 0 fully saturated rings. The van der Waals surface area contributed by atoms with Gasteiger partial charge in [-0.25, -0.2) is 8.78 Å². The van der Waals surface area contributed by atoms with Gasteiger partial charge in [0.1, 0.15) is 17.2 Å². The average molecular weight is 535 g/mol. The molecule has 1 amide bonds. The normalized spacial score (nSPS) is 12.8. The van der Waals surface area contributed by atoms with Crippen LogP contribution in [0.2, 0.25) is 0 Å². The lowest BCUT2D eigenvalue weighted by Crippen LogP contribution is -2.48. The molecule has 1 aromatic heterocycles. The monoisotopic (exact) mass is 534 g/mol. The second-order valence-corrected chi connectivity index (χ2v) is 9.60. The molecule has 0 aliphatic rings. The van der Waals surface area contributed by atoms with Crippen LogP contribution in [0.3, 0.4) is 0 Å². The summed E-state index contributed by atoms with van der Waals surface area (Å²) >= 11 is 0. The maximum absolute atomic E-state index is 13.8. The summed E-state index contributed by atoms with van der Waals surface area (Å²) in [5, 5.41) is 17.7. The van der Waals surface area contributed by atoms with E-state index in [-0.39, 0.29) is 37.4 Å². The van der Waals surface area contributed by atoms with Gasteiger partial charge in [-0.15, -0.1) is 0 Å². The van der Waals surface area contributed by atoms with Gasteiger partial charge in [-0.3, -0.25) is 9.59 Å². The highest BCUT2D eigenvalue weighted by Gasteiger charge is 2.23. The van der Waals surface area contributed by atoms with Gasteiger partial charge in [0.25, 0.3) is 0 Å². The van der Waals surface area contributed by atoms with E-state index in [1.165, 1.54) is 17.7 Å². The number of benzene rings is 3. The van der Waals surface area contributed by atoms with Crippen molar-refractivity contribution in [3.8, 4) is 0 Å². The van der Waals surface area contributed by atoms with Crippen molar-refractivity contribution in [2.45, 2.75) is 51.3 Å². The third-order valence-corrected chi connectivity index (χ3v) is 6.55. The molecule has 6 nitrogen and oxygen atoms in total. The average Bonchev–Trinajstić information content (AvgIpc) is 3.35. The number of Topliss-reactive ketones (excluding diaryl/α,β-unsaturated/α-hetero) is 1. The van der Waals surface area contributed by atoms with E-state index in [2.05, 4.69) is 23.6 Å². The first kappa shape index (κ1) is 28.1. The second kappa shape index (κ2) is 13.3. The Bertz CT molecular complexity index is 1380. The predicted octanol–water partition coefficient (Wildman–Crippen LogP) is 5.11. The molecule has 0 aliphatic carbocycles. The second-order valence-electron chi connectivity index (χ2n) is 9.60. The SMILES string of the molecule is CCc1cccc(CNCC(O)C(Cc2cc(F)cc(F)c2)NC(=O)CCC(=O)c2cc3ccccc3o2)c1. The molecule has 1 heterocycles. The van der Waals surface area contributed by atoms with Gasteiger partial charge in [0.05, 0.1) is 12.1 Å². The number of nitrogens with one attached hydrogen (secondary N) is 2. The van der Waals surface area contributed by atoms with E-state index in [0.29, 0.717) is 17.7 Å². The molecule has 2 atom stereocenters. The van der Waals surface area contributed by atoms with Gasteiger partial charge in [-0.2, -0.15) is 0 Å². The molecule has 0 saturated heterocycles. The van der Waals surface area contributed by atoms with E-state index in [1.807, 2.05) is 30.3 Å². The number of furan rings is 1. The molecular formula is C31H32F2N2O4. The zero-order valence-corrected chi connectivity index (χ0v) is 21.8. The molecule has 0 saturated carbocycles. The number of aliphatic hydroxyl groups is 1. The molecule has 0 spiro atoms. The van der Waals surface area contributed by atoms with Crippen molar-refractivity contribution in [2.24, 2.45) is 0 Å². The Balaban J connectivity index is 1.37. The van der Waals surface area contributed by atoms with E-state index >= 15 is 0 Å². The van der Waals surface area contributed by atoms with E-state index in [4.69, 9.17) is 4.42 Å². The molecule has 0 aliphatic heterocycles. The number of ketones is 1. The maximum Gasteiger partial charge on any atom is 0.220 e. The fourth-order valence-corrected chi connectivity index (χ4v) is 4.48. The van der Waals surface area contributed by atoms with Gasteiger partial charge in [0, 0.05) is 37.4 Å². The highest BCUT2D eigenvalue weighted by atomic mass is 19.1. The van der Waals surface area contributed by atoms with Crippen molar-refractivity contribution in [3.05, 3.63) is 107 Å². The first-order valence-electron chi connectivity index (χ1n) is 13.0. The lowest BCUT2D eigenvalue weighted by Gasteiger charge is -2.25. The minimum absolute atomic E-state index is 0.00606. The fraction of sp³-hybridized carbons (Fsp3) is 0.290. The van der Waals surface area contributed by atoms with Crippen LogP contribution < -0.4 is 10.6 Å². The number of carbonyl (C=O) groups excluding carboxylic acids is 2. The van der Waals surface area contributed by atoms with Crippen LogP contribution in [0.1, 0.15) is 47.0 Å². The Morgan fingerprint density at radius 2 is 1.64 bits per heavy atom. The molecular weight excluding hydrogens is 502 g/mol. The third-order valence-electron chi connectivity index (χ3n) is 6.55. The first-order valence-corrected chi connectivity index (χ1v) is 13.0. The van der Waals surface area contributed by atoms with Crippen molar-refractivity contribution in [1.29, 1.82) is 0 Å². The number of aryl methyl sites for hydroxylation is 1. The van der Waals surface area contributed by atoms with Gasteiger partial charge in [0.2, 0.25) is 5.91 Å². The molecule has 39 heavy (non-hydrogen) atoms. The van der Waals surface area contributed by atoms with Crippen molar-refractivity contribution in [2.75, 3.05) is 6.54 Å². The number of carbonyl (C=O) groups is 2. The zero-order valence-electron chi connectivity index (χ0n) is 21.8. The Morgan fingerprint density at radius 1 is 0.897 bits per heavy atom. The van der Waals surface area contributed by atoms with Gasteiger partial charge < -0.3 is 20.2 Å². The molecule has 0 bridgehead atoms. The minimum atomic E-state index is -1.05. The molecule has 204 valence electrons. The van der Waals surface area contributed by atoms with Crippen molar-refractivity contribution >= 4 is 22.7 Å². The molecule has 2 unspecified atom stereocenters. The van der Waals surface area contributed by atoms with Crippen LogP contribution in [0.4, 0.5) is 8.78 Å². The quantitative estimate of drug-likeness (QED) is 0.207. The van der Waals surface area contributed by atoms with E-state index in [0.717, 1.165) is 23.4 Å². The van der Waals surface area contributed by atoms with Crippen molar-refractivity contribution < 1.29 is 27.9 Å². The molecule has 8 heteroatoms. The summed E-state index contributed by atoms with van der Waals surface area (Å²) < 4.78 is 33.2. The van der Waals surface area contributed by atoms with Crippen LogP contribution in [0.15, 0.2) is 77.2 Å². The fourth-order valence-electron chi connectivity index (χ4n) is 4.48. The standard InChI is InChI=1S/C31H32F2N2O4/c1-2-20-6-5-7-21(12-20)18-34-19-28(37)26(15-22-13-24(32)17-25(33)14-22)35-31(38)11-10-27(36)30-16-23-8-3-4-9-29(23)39-30/h3-9,12-14,16-17,26,28,34,37H,2,10-11,15,18-19H2,1H3,(H,35,38). The summed E-state index contributed by atoms with van der Waals surface area (Å²) in [6.07, 6.45) is -0.358. The predicted molar refractivity (Wildman–Crippen MR) is 145 cm³/mol. The van der Waals surface area contributed by atoms with Crippen LogP contribution in [0, 0.1) is 11.6 Å². The number of hydrogen-bond acceptors (Lipinski definition) is 5. The molecule has 3 aromatic carbocycles.